The highest BCUT2D eigenvalue weighted by Crippen LogP contribution is 2.52. The number of carbonyl (C=O) groups excluding carboxylic acids is 3. The predicted molar refractivity (Wildman–Crippen MR) is 109 cm³/mol. The molecular formula is C23H33NO8. The zero-order valence-electron chi connectivity index (χ0n) is 18.8. The second-order valence-corrected chi connectivity index (χ2v) is 9.93. The molecular weight excluding hydrogens is 418 g/mol. The van der Waals surface area contributed by atoms with Crippen LogP contribution in [0.5, 0.6) is 0 Å². The van der Waals surface area contributed by atoms with Gasteiger partial charge in [0, 0.05) is 13.1 Å². The number of carbonyl (C=O) groups is 3. The van der Waals surface area contributed by atoms with Gasteiger partial charge >= 0.3 is 17.9 Å². The van der Waals surface area contributed by atoms with Crippen molar-refractivity contribution in [3.63, 3.8) is 0 Å². The number of esters is 3. The molecule has 0 radical (unpaired) electrons. The summed E-state index contributed by atoms with van der Waals surface area (Å²) in [6.07, 6.45) is 2.37. The number of nitrogens with zero attached hydrogens (tertiary/aromatic N) is 1. The third kappa shape index (κ3) is 3.72. The first-order valence-electron chi connectivity index (χ1n) is 12.0. The molecule has 0 amide bonds. The maximum Gasteiger partial charge on any atom is 0.320 e. The molecule has 0 aromatic rings. The van der Waals surface area contributed by atoms with Crippen LogP contribution in [0, 0.1) is 17.8 Å². The summed E-state index contributed by atoms with van der Waals surface area (Å²) in [7, 11) is 0. The van der Waals surface area contributed by atoms with E-state index in [-0.39, 0.29) is 6.54 Å². The van der Waals surface area contributed by atoms with Crippen LogP contribution in [0.25, 0.3) is 0 Å². The summed E-state index contributed by atoms with van der Waals surface area (Å²) in [6, 6.07) is 0. The van der Waals surface area contributed by atoms with Gasteiger partial charge in [-0.1, -0.05) is 19.8 Å². The number of ether oxygens (including phenoxy) is 5. The van der Waals surface area contributed by atoms with E-state index in [2.05, 4.69) is 0 Å². The third-order valence-electron chi connectivity index (χ3n) is 8.16. The van der Waals surface area contributed by atoms with Crippen LogP contribution in [-0.4, -0.2) is 85.7 Å². The van der Waals surface area contributed by atoms with E-state index < -0.39 is 59.8 Å². The number of hydrogen-bond acceptors (Lipinski definition) is 9. The van der Waals surface area contributed by atoms with Crippen LogP contribution < -0.4 is 0 Å². The summed E-state index contributed by atoms with van der Waals surface area (Å²) in [4.78, 5) is 40.5. The normalized spacial score (nSPS) is 38.5. The van der Waals surface area contributed by atoms with Crippen molar-refractivity contribution >= 4 is 17.9 Å². The van der Waals surface area contributed by atoms with Gasteiger partial charge in [0.25, 0.3) is 0 Å². The summed E-state index contributed by atoms with van der Waals surface area (Å²) >= 11 is 0. The Balaban J connectivity index is 1.28. The zero-order valence-corrected chi connectivity index (χ0v) is 18.8. The van der Waals surface area contributed by atoms with Gasteiger partial charge in [-0.15, -0.1) is 0 Å². The lowest BCUT2D eigenvalue weighted by atomic mass is 9.78. The topological polar surface area (TPSA) is 101 Å². The van der Waals surface area contributed by atoms with Gasteiger partial charge in [-0.25, -0.2) is 0 Å². The largest absolute Gasteiger partial charge is 0.459 e. The van der Waals surface area contributed by atoms with Crippen LogP contribution in [-0.2, 0) is 38.1 Å². The molecule has 4 saturated heterocycles. The lowest BCUT2D eigenvalue weighted by Crippen LogP contribution is -2.51. The molecule has 5 aliphatic rings. The van der Waals surface area contributed by atoms with Crippen molar-refractivity contribution in [1.82, 2.24) is 4.90 Å². The highest BCUT2D eigenvalue weighted by atomic mass is 16.7. The van der Waals surface area contributed by atoms with Crippen LogP contribution in [0.2, 0.25) is 0 Å². The minimum absolute atomic E-state index is 0.131. The van der Waals surface area contributed by atoms with Gasteiger partial charge in [0.2, 0.25) is 0 Å². The monoisotopic (exact) mass is 451 g/mol. The molecule has 178 valence electrons. The molecule has 9 nitrogen and oxygen atoms in total. The Morgan fingerprint density at radius 3 is 2.53 bits per heavy atom. The fourth-order valence-corrected chi connectivity index (χ4v) is 6.15. The molecule has 7 atom stereocenters. The molecule has 0 N–H and O–H groups in total. The molecule has 2 bridgehead atoms. The molecule has 5 rings (SSSR count). The van der Waals surface area contributed by atoms with Crippen molar-refractivity contribution in [2.75, 3.05) is 32.8 Å². The summed E-state index contributed by atoms with van der Waals surface area (Å²) < 4.78 is 28.6. The molecule has 4 heterocycles. The summed E-state index contributed by atoms with van der Waals surface area (Å²) in [5.41, 5.74) is -0.570. The number of morpholine rings is 1. The first kappa shape index (κ1) is 22.1. The molecule has 9 heteroatoms. The Kier molecular flexibility index (Phi) is 5.92. The fourth-order valence-electron chi connectivity index (χ4n) is 6.15. The predicted octanol–water partition coefficient (Wildman–Crippen LogP) is 1.07. The number of fused-ring (bicyclic) bond motifs is 1. The van der Waals surface area contributed by atoms with Crippen LogP contribution >= 0.6 is 0 Å². The van der Waals surface area contributed by atoms with E-state index in [1.165, 1.54) is 0 Å². The Bertz CT molecular complexity index is 761. The lowest BCUT2D eigenvalue weighted by molar-refractivity contribution is -0.177. The molecule has 0 aromatic carbocycles. The summed E-state index contributed by atoms with van der Waals surface area (Å²) in [5.74, 6) is -2.48. The van der Waals surface area contributed by atoms with E-state index in [4.69, 9.17) is 23.7 Å². The summed E-state index contributed by atoms with van der Waals surface area (Å²) in [6.45, 7) is 6.63. The van der Waals surface area contributed by atoms with Gasteiger partial charge in [0.1, 0.15) is 29.6 Å². The molecule has 1 saturated carbocycles. The van der Waals surface area contributed by atoms with Gasteiger partial charge in [-0.2, -0.15) is 0 Å². The first-order valence-corrected chi connectivity index (χ1v) is 12.0. The second kappa shape index (κ2) is 8.57. The van der Waals surface area contributed by atoms with Crippen LogP contribution in [0.1, 0.15) is 46.0 Å². The van der Waals surface area contributed by atoms with Crippen molar-refractivity contribution in [3.8, 4) is 0 Å². The Morgan fingerprint density at radius 2 is 1.84 bits per heavy atom. The molecule has 5 fully saturated rings. The van der Waals surface area contributed by atoms with Crippen LogP contribution in [0.4, 0.5) is 0 Å². The van der Waals surface area contributed by atoms with Crippen molar-refractivity contribution in [2.45, 2.75) is 76.0 Å². The van der Waals surface area contributed by atoms with E-state index in [0.29, 0.717) is 38.6 Å². The van der Waals surface area contributed by atoms with E-state index in [1.807, 2.05) is 18.7 Å². The summed E-state index contributed by atoms with van der Waals surface area (Å²) in [5, 5.41) is 0. The first-order chi connectivity index (χ1) is 15.4. The van der Waals surface area contributed by atoms with Gasteiger partial charge in [0.05, 0.1) is 19.8 Å². The molecule has 32 heavy (non-hydrogen) atoms. The van der Waals surface area contributed by atoms with E-state index in [0.717, 1.165) is 25.7 Å². The van der Waals surface area contributed by atoms with Gasteiger partial charge < -0.3 is 23.7 Å². The molecule has 7 unspecified atom stereocenters. The lowest BCUT2D eigenvalue weighted by Gasteiger charge is -2.37. The van der Waals surface area contributed by atoms with E-state index in [1.54, 1.807) is 0 Å². The maximum absolute atomic E-state index is 13.4. The standard InChI is InChI=1S/C23H33NO8/c1-3-23(2,13-6-4-5-7-13)32-22(27)16-15-17-20(31-21(15)26)19(18(16)30-17)29-14(25)12-24-8-10-28-11-9-24/h13,15-20H,3-12H2,1-2H3. The number of rotatable bonds is 7. The van der Waals surface area contributed by atoms with Crippen LogP contribution in [0.15, 0.2) is 0 Å². The quantitative estimate of drug-likeness (QED) is 0.416. The van der Waals surface area contributed by atoms with Crippen molar-refractivity contribution in [3.05, 3.63) is 0 Å². The highest BCUT2D eigenvalue weighted by Gasteiger charge is 2.72. The molecule has 4 aliphatic heterocycles. The minimum Gasteiger partial charge on any atom is -0.459 e. The van der Waals surface area contributed by atoms with E-state index >= 15 is 0 Å². The van der Waals surface area contributed by atoms with Gasteiger partial charge in [-0.05, 0) is 32.1 Å². The van der Waals surface area contributed by atoms with E-state index in [9.17, 15) is 14.4 Å². The fraction of sp³-hybridized carbons (Fsp3) is 0.870. The molecule has 0 spiro atoms. The minimum atomic E-state index is -0.806. The maximum atomic E-state index is 13.4. The van der Waals surface area contributed by atoms with Gasteiger partial charge in [-0.3, -0.25) is 19.3 Å². The van der Waals surface area contributed by atoms with Crippen LogP contribution in [0.3, 0.4) is 0 Å². The Morgan fingerprint density at radius 1 is 1.12 bits per heavy atom. The highest BCUT2D eigenvalue weighted by molar-refractivity contribution is 5.87. The number of hydrogen-bond donors (Lipinski definition) is 0. The Labute approximate surface area is 188 Å². The van der Waals surface area contributed by atoms with Crippen molar-refractivity contribution < 1.29 is 38.1 Å². The molecule has 1 aliphatic carbocycles. The average Bonchev–Trinajstić information content (AvgIpc) is 3.54. The third-order valence-corrected chi connectivity index (χ3v) is 8.16. The Hall–Kier alpha value is -1.71. The molecule has 0 aromatic heterocycles. The van der Waals surface area contributed by atoms with Gasteiger partial charge in [0.15, 0.2) is 12.2 Å². The second-order valence-electron chi connectivity index (χ2n) is 9.93. The zero-order chi connectivity index (χ0) is 22.5. The SMILES string of the molecule is CCC(C)(OC(=O)C1C2OC3C(OC(=O)C31)C2OC(=O)CN1CCOCC1)C1CCCC1. The van der Waals surface area contributed by atoms with Crippen molar-refractivity contribution in [2.24, 2.45) is 17.8 Å². The average molecular weight is 452 g/mol. The van der Waals surface area contributed by atoms with Crippen molar-refractivity contribution in [1.29, 1.82) is 0 Å². The smallest absolute Gasteiger partial charge is 0.320 e.